The van der Waals surface area contributed by atoms with E-state index in [2.05, 4.69) is 15.4 Å². The van der Waals surface area contributed by atoms with Gasteiger partial charge in [0.15, 0.2) is 5.69 Å². The lowest BCUT2D eigenvalue weighted by Crippen LogP contribution is -2.13. The van der Waals surface area contributed by atoms with Gasteiger partial charge in [0.25, 0.3) is 6.43 Å². The van der Waals surface area contributed by atoms with Crippen LogP contribution in [0, 0.1) is 0 Å². The van der Waals surface area contributed by atoms with Crippen molar-refractivity contribution in [3.8, 4) is 0 Å². The summed E-state index contributed by atoms with van der Waals surface area (Å²) in [5.74, 6) is -1.52. The third kappa shape index (κ3) is 2.91. The normalized spacial score (nSPS) is 11.3. The van der Waals surface area contributed by atoms with Crippen molar-refractivity contribution in [1.82, 2.24) is 24.8 Å². The average Bonchev–Trinajstić information content (AvgIpc) is 3.02. The first-order valence-electron chi connectivity index (χ1n) is 6.48. The van der Waals surface area contributed by atoms with Crippen molar-refractivity contribution in [3.63, 3.8) is 0 Å². The zero-order chi connectivity index (χ0) is 15.6. The third-order valence-corrected chi connectivity index (χ3v) is 3.07. The molecule has 0 saturated heterocycles. The summed E-state index contributed by atoms with van der Waals surface area (Å²) in [4.78, 5) is 10.9. The highest BCUT2D eigenvalue weighted by molar-refractivity contribution is 5.86. The van der Waals surface area contributed by atoms with Gasteiger partial charge >= 0.3 is 5.97 Å². The van der Waals surface area contributed by atoms with Crippen LogP contribution in [0.5, 0.6) is 0 Å². The first-order chi connectivity index (χ1) is 9.97. The van der Waals surface area contributed by atoms with E-state index in [0.29, 0.717) is 12.2 Å². The number of alkyl halides is 2. The number of carbonyl (C=O) groups is 1. The van der Waals surface area contributed by atoms with Crippen LogP contribution < -0.4 is 0 Å². The lowest BCUT2D eigenvalue weighted by molar-refractivity contribution is 0.0675. The molecule has 0 aliphatic heterocycles. The van der Waals surface area contributed by atoms with Crippen LogP contribution in [0.25, 0.3) is 0 Å². The molecule has 2 rings (SSSR count). The molecule has 1 N–H and O–H groups in total. The number of hydrogen-bond donors (Lipinski definition) is 1. The summed E-state index contributed by atoms with van der Waals surface area (Å²) in [5.41, 5.74) is 0.106. The van der Waals surface area contributed by atoms with E-state index in [9.17, 15) is 13.6 Å². The second-order valence-corrected chi connectivity index (χ2v) is 4.38. The van der Waals surface area contributed by atoms with Crippen LogP contribution in [0.15, 0.2) is 6.07 Å². The monoisotopic (exact) mass is 299 g/mol. The maximum absolute atomic E-state index is 13.1. The van der Waals surface area contributed by atoms with E-state index in [1.165, 1.54) is 0 Å². The van der Waals surface area contributed by atoms with Crippen LogP contribution in [0.1, 0.15) is 47.8 Å². The molecule has 0 aliphatic carbocycles. The van der Waals surface area contributed by atoms with Crippen molar-refractivity contribution in [2.75, 3.05) is 0 Å². The van der Waals surface area contributed by atoms with E-state index in [0.717, 1.165) is 16.8 Å². The Morgan fingerprint density at radius 1 is 1.38 bits per heavy atom. The number of hydrogen-bond acceptors (Lipinski definition) is 4. The Hall–Kier alpha value is -2.32. The van der Waals surface area contributed by atoms with E-state index in [1.807, 2.05) is 13.8 Å². The van der Waals surface area contributed by atoms with Crippen LogP contribution in [0.2, 0.25) is 0 Å². The molecular formula is C12H15F2N5O2. The summed E-state index contributed by atoms with van der Waals surface area (Å²) < 4.78 is 28.7. The van der Waals surface area contributed by atoms with Crippen molar-refractivity contribution in [3.05, 3.63) is 28.8 Å². The highest BCUT2D eigenvalue weighted by Gasteiger charge is 2.26. The zero-order valence-corrected chi connectivity index (χ0v) is 11.6. The van der Waals surface area contributed by atoms with Crippen LogP contribution in [-0.4, -0.2) is 35.9 Å². The van der Waals surface area contributed by atoms with Gasteiger partial charge in [0.05, 0.1) is 17.9 Å². The summed E-state index contributed by atoms with van der Waals surface area (Å²) in [7, 11) is 0. The number of nitrogens with zero attached hydrogens (tertiary/aromatic N) is 5. The largest absolute Gasteiger partial charge is 0.476 e. The van der Waals surface area contributed by atoms with Crippen molar-refractivity contribution in [2.45, 2.75) is 39.8 Å². The van der Waals surface area contributed by atoms with E-state index in [1.54, 1.807) is 10.7 Å². The molecule has 2 aromatic rings. The standard InChI is InChI=1S/C12H15F2N5O2/c1-3-7-5-8(18(4-2)16-7)6-19-10(11(13)14)9(12(20)21)15-17-19/h5,11H,3-4,6H2,1-2H3,(H,20,21). The molecule has 0 bridgehead atoms. The molecule has 114 valence electrons. The number of halogens is 2. The Kier molecular flexibility index (Phi) is 4.29. The Labute approximate surface area is 119 Å². The molecule has 0 aromatic carbocycles. The topological polar surface area (TPSA) is 85.8 Å². The van der Waals surface area contributed by atoms with Crippen molar-refractivity contribution in [2.24, 2.45) is 0 Å². The number of aromatic carboxylic acids is 1. The molecule has 2 heterocycles. The second-order valence-electron chi connectivity index (χ2n) is 4.38. The smallest absolute Gasteiger partial charge is 0.358 e. The van der Waals surface area contributed by atoms with Gasteiger partial charge in [0.2, 0.25) is 0 Å². The Morgan fingerprint density at radius 3 is 2.62 bits per heavy atom. The molecule has 0 amide bonds. The number of rotatable bonds is 6. The summed E-state index contributed by atoms with van der Waals surface area (Å²) >= 11 is 0. The molecular weight excluding hydrogens is 284 g/mol. The van der Waals surface area contributed by atoms with Crippen LogP contribution in [0.4, 0.5) is 8.78 Å². The van der Waals surface area contributed by atoms with Crippen molar-refractivity contribution >= 4 is 5.97 Å². The summed E-state index contributed by atoms with van der Waals surface area (Å²) in [6, 6.07) is 1.79. The van der Waals surface area contributed by atoms with E-state index >= 15 is 0 Å². The second kappa shape index (κ2) is 5.98. The van der Waals surface area contributed by atoms with Gasteiger partial charge in [-0.2, -0.15) is 5.10 Å². The van der Waals surface area contributed by atoms with Gasteiger partial charge in [-0.05, 0) is 19.4 Å². The fourth-order valence-corrected chi connectivity index (χ4v) is 2.05. The summed E-state index contributed by atoms with van der Waals surface area (Å²) in [6.45, 7) is 4.41. The molecule has 0 unspecified atom stereocenters. The summed E-state index contributed by atoms with van der Waals surface area (Å²) in [6.07, 6.45) is -2.24. The van der Waals surface area contributed by atoms with Gasteiger partial charge in [-0.15, -0.1) is 5.10 Å². The highest BCUT2D eigenvalue weighted by Crippen LogP contribution is 2.22. The van der Waals surface area contributed by atoms with Gasteiger partial charge in [-0.25, -0.2) is 18.3 Å². The van der Waals surface area contributed by atoms with Crippen LogP contribution in [0.3, 0.4) is 0 Å². The number of carboxylic acid groups (broad SMARTS) is 1. The maximum atomic E-state index is 13.1. The van der Waals surface area contributed by atoms with Gasteiger partial charge < -0.3 is 5.11 Å². The lowest BCUT2D eigenvalue weighted by atomic mass is 10.3. The van der Waals surface area contributed by atoms with Gasteiger partial charge in [-0.3, -0.25) is 4.68 Å². The Bertz CT molecular complexity index is 650. The molecule has 0 atom stereocenters. The van der Waals surface area contributed by atoms with E-state index in [4.69, 9.17) is 5.11 Å². The number of aromatic nitrogens is 5. The molecule has 21 heavy (non-hydrogen) atoms. The van der Waals surface area contributed by atoms with E-state index in [-0.39, 0.29) is 6.54 Å². The van der Waals surface area contributed by atoms with Crippen LogP contribution >= 0.6 is 0 Å². The fraction of sp³-hybridized carbons (Fsp3) is 0.500. The number of carboxylic acids is 1. The summed E-state index contributed by atoms with van der Waals surface area (Å²) in [5, 5.41) is 20.0. The minimum Gasteiger partial charge on any atom is -0.476 e. The number of aryl methyl sites for hydroxylation is 2. The highest BCUT2D eigenvalue weighted by atomic mass is 19.3. The average molecular weight is 299 g/mol. The molecule has 0 aliphatic rings. The Balaban J connectivity index is 2.40. The van der Waals surface area contributed by atoms with E-state index < -0.39 is 23.8 Å². The quantitative estimate of drug-likeness (QED) is 0.878. The molecule has 0 radical (unpaired) electrons. The van der Waals surface area contributed by atoms with Gasteiger partial charge in [-0.1, -0.05) is 12.1 Å². The molecule has 2 aromatic heterocycles. The Morgan fingerprint density at radius 2 is 2.10 bits per heavy atom. The fourth-order valence-electron chi connectivity index (χ4n) is 2.05. The predicted octanol–water partition coefficient (Wildman–Crippen LogP) is 1.74. The lowest BCUT2D eigenvalue weighted by Gasteiger charge is -2.07. The van der Waals surface area contributed by atoms with Crippen molar-refractivity contribution in [1.29, 1.82) is 0 Å². The molecule has 0 spiro atoms. The van der Waals surface area contributed by atoms with Crippen LogP contribution in [-0.2, 0) is 19.5 Å². The van der Waals surface area contributed by atoms with Gasteiger partial charge in [0.1, 0.15) is 5.69 Å². The first kappa shape index (κ1) is 15.1. The molecule has 9 heteroatoms. The minimum absolute atomic E-state index is 0.000787. The molecule has 7 nitrogen and oxygen atoms in total. The SMILES string of the molecule is CCc1cc(Cn2nnc(C(=O)O)c2C(F)F)n(CC)n1. The minimum atomic E-state index is -2.96. The maximum Gasteiger partial charge on any atom is 0.358 e. The third-order valence-electron chi connectivity index (χ3n) is 3.07. The molecule has 0 fully saturated rings. The molecule has 0 saturated carbocycles. The predicted molar refractivity (Wildman–Crippen MR) is 68.3 cm³/mol. The first-order valence-corrected chi connectivity index (χ1v) is 6.48. The zero-order valence-electron chi connectivity index (χ0n) is 11.6. The van der Waals surface area contributed by atoms with Crippen molar-refractivity contribution < 1.29 is 18.7 Å². The van der Waals surface area contributed by atoms with Gasteiger partial charge in [0, 0.05) is 6.54 Å².